The zero-order valence-electron chi connectivity index (χ0n) is 17.0. The monoisotopic (exact) mass is 431 g/mol. The first-order valence-corrected chi connectivity index (χ1v) is 10.9. The summed E-state index contributed by atoms with van der Waals surface area (Å²) in [6.45, 7) is 9.47. The molecule has 1 aromatic heterocycles. The number of benzene rings is 3. The van der Waals surface area contributed by atoms with Crippen molar-refractivity contribution >= 4 is 37.7 Å². The molecule has 1 aliphatic rings. The molecule has 0 radical (unpaired) electrons. The van der Waals surface area contributed by atoms with Crippen molar-refractivity contribution in [3.8, 4) is 11.1 Å². The van der Waals surface area contributed by atoms with Gasteiger partial charge in [-0.05, 0) is 70.8 Å². The molecule has 0 amide bonds. The molecular formula is C26H26BrN. The number of rotatable bonds is 2. The van der Waals surface area contributed by atoms with Gasteiger partial charge in [0.1, 0.15) is 0 Å². The van der Waals surface area contributed by atoms with Gasteiger partial charge in [0.15, 0.2) is 0 Å². The van der Waals surface area contributed by atoms with Crippen LogP contribution in [-0.4, -0.2) is 4.98 Å². The van der Waals surface area contributed by atoms with E-state index in [0.717, 1.165) is 10.9 Å². The van der Waals surface area contributed by atoms with Gasteiger partial charge in [-0.1, -0.05) is 67.9 Å². The van der Waals surface area contributed by atoms with Gasteiger partial charge in [-0.2, -0.15) is 0 Å². The van der Waals surface area contributed by atoms with Crippen molar-refractivity contribution in [2.75, 3.05) is 0 Å². The Kier molecular flexibility index (Phi) is 3.84. The molecule has 1 aliphatic carbocycles. The molecule has 0 spiro atoms. The van der Waals surface area contributed by atoms with Crippen LogP contribution in [0.25, 0.3) is 32.9 Å². The Bertz CT molecular complexity index is 1220. The van der Waals surface area contributed by atoms with E-state index in [1.165, 1.54) is 50.5 Å². The number of H-pyrrole nitrogens is 1. The van der Waals surface area contributed by atoms with Gasteiger partial charge in [-0.3, -0.25) is 0 Å². The Morgan fingerprint density at radius 2 is 1.61 bits per heavy atom. The first kappa shape index (κ1) is 18.0. The minimum atomic E-state index is 0.0608. The second-order valence-corrected chi connectivity index (χ2v) is 10.6. The molecule has 0 fully saturated rings. The number of halogens is 1. The van der Waals surface area contributed by atoms with E-state index in [1.807, 2.05) is 0 Å². The van der Waals surface area contributed by atoms with Crippen LogP contribution in [0.5, 0.6) is 0 Å². The summed E-state index contributed by atoms with van der Waals surface area (Å²) in [6, 6.07) is 20.3. The highest BCUT2D eigenvalue weighted by Gasteiger charge is 2.40. The van der Waals surface area contributed by atoms with E-state index in [1.54, 1.807) is 0 Å². The topological polar surface area (TPSA) is 15.8 Å². The van der Waals surface area contributed by atoms with E-state index in [0.29, 0.717) is 5.41 Å². The van der Waals surface area contributed by atoms with E-state index in [-0.39, 0.29) is 5.41 Å². The Morgan fingerprint density at radius 1 is 0.857 bits per heavy atom. The van der Waals surface area contributed by atoms with Gasteiger partial charge in [0, 0.05) is 31.7 Å². The van der Waals surface area contributed by atoms with Crippen LogP contribution in [0.4, 0.5) is 0 Å². The van der Waals surface area contributed by atoms with Crippen molar-refractivity contribution in [3.05, 3.63) is 70.2 Å². The lowest BCUT2D eigenvalue weighted by Gasteiger charge is -2.31. The quantitative estimate of drug-likeness (QED) is 0.329. The van der Waals surface area contributed by atoms with E-state index >= 15 is 0 Å². The Hall–Kier alpha value is -2.06. The van der Waals surface area contributed by atoms with E-state index in [9.17, 15) is 0 Å². The van der Waals surface area contributed by atoms with Gasteiger partial charge in [0.25, 0.3) is 0 Å². The number of hydrogen-bond acceptors (Lipinski definition) is 0. The molecule has 4 aromatic rings. The highest BCUT2D eigenvalue weighted by Crippen LogP contribution is 2.53. The fourth-order valence-corrected chi connectivity index (χ4v) is 5.20. The molecule has 0 aliphatic heterocycles. The molecule has 1 N–H and O–H groups in total. The molecule has 1 heterocycles. The molecule has 1 unspecified atom stereocenters. The van der Waals surface area contributed by atoms with E-state index in [4.69, 9.17) is 0 Å². The van der Waals surface area contributed by atoms with Crippen molar-refractivity contribution < 1.29 is 0 Å². The average Bonchev–Trinajstić information content (AvgIpc) is 3.12. The summed E-state index contributed by atoms with van der Waals surface area (Å²) in [4.78, 5) is 3.65. The predicted molar refractivity (Wildman–Crippen MR) is 124 cm³/mol. The molecule has 5 rings (SSSR count). The van der Waals surface area contributed by atoms with E-state index in [2.05, 4.69) is 103 Å². The summed E-state index contributed by atoms with van der Waals surface area (Å²) >= 11 is 3.63. The number of aromatic nitrogens is 1. The zero-order valence-corrected chi connectivity index (χ0v) is 18.6. The molecule has 0 bridgehead atoms. The van der Waals surface area contributed by atoms with Crippen LogP contribution in [0, 0.1) is 5.41 Å². The summed E-state index contributed by atoms with van der Waals surface area (Å²) in [5.74, 6) is 0. The first-order valence-electron chi connectivity index (χ1n) is 10.1. The van der Waals surface area contributed by atoms with Crippen LogP contribution in [0.3, 0.4) is 0 Å². The summed E-state index contributed by atoms with van der Waals surface area (Å²) in [5.41, 5.74) is 8.58. The van der Waals surface area contributed by atoms with Gasteiger partial charge in [-0.15, -0.1) is 0 Å². The number of nitrogens with one attached hydrogen (secondary N) is 1. The van der Waals surface area contributed by atoms with Crippen molar-refractivity contribution in [1.29, 1.82) is 0 Å². The van der Waals surface area contributed by atoms with Gasteiger partial charge in [0.2, 0.25) is 0 Å². The molecular weight excluding hydrogens is 406 g/mol. The maximum Gasteiger partial charge on any atom is 0.0468 e. The highest BCUT2D eigenvalue weighted by atomic mass is 79.9. The zero-order chi connectivity index (χ0) is 19.7. The van der Waals surface area contributed by atoms with Crippen LogP contribution < -0.4 is 0 Å². The fraction of sp³-hybridized carbons (Fsp3) is 0.308. The normalized spacial score (nSPS) is 18.6. The van der Waals surface area contributed by atoms with Crippen LogP contribution in [0.1, 0.15) is 51.7 Å². The number of aromatic amines is 1. The van der Waals surface area contributed by atoms with Gasteiger partial charge in [0.05, 0.1) is 0 Å². The third-order valence-corrected chi connectivity index (χ3v) is 6.97. The number of fused-ring (bicyclic) bond motifs is 6. The number of hydrogen-bond donors (Lipinski definition) is 1. The smallest absolute Gasteiger partial charge is 0.0468 e. The molecule has 2 heteroatoms. The lowest BCUT2D eigenvalue weighted by molar-refractivity contribution is 0.328. The Balaban J connectivity index is 1.78. The predicted octanol–water partition coefficient (Wildman–Crippen LogP) is 8.20. The maximum absolute atomic E-state index is 3.65. The molecule has 0 saturated carbocycles. The fourth-order valence-electron chi connectivity index (χ4n) is 4.84. The maximum atomic E-state index is 3.65. The SMILES string of the molecule is CC(C)(C)CCC1(C)c2ccccc2-c2cc3c(cc21)[nH]c1ccc(Br)cc13. The standard InChI is InChI=1S/C26H26BrN/c1-25(2,3)11-12-26(4)21-8-6-5-7-17(21)18-14-20-19-13-16(27)9-10-23(19)28-24(20)15-22(18)26/h5-10,13-15,28H,11-12H2,1-4H3. The molecule has 142 valence electrons. The van der Waals surface area contributed by atoms with Gasteiger partial charge < -0.3 is 4.98 Å². The third kappa shape index (κ3) is 2.65. The van der Waals surface area contributed by atoms with Crippen molar-refractivity contribution in [3.63, 3.8) is 0 Å². The van der Waals surface area contributed by atoms with Crippen LogP contribution in [-0.2, 0) is 5.41 Å². The van der Waals surface area contributed by atoms with Crippen LogP contribution in [0.15, 0.2) is 59.1 Å². The lowest BCUT2D eigenvalue weighted by atomic mass is 9.73. The minimum absolute atomic E-state index is 0.0608. The molecule has 1 nitrogen and oxygen atoms in total. The minimum Gasteiger partial charge on any atom is -0.355 e. The van der Waals surface area contributed by atoms with Crippen LogP contribution >= 0.6 is 15.9 Å². The molecule has 28 heavy (non-hydrogen) atoms. The summed E-state index contributed by atoms with van der Waals surface area (Å²) in [7, 11) is 0. The Morgan fingerprint density at radius 3 is 2.39 bits per heavy atom. The Labute approximate surface area is 175 Å². The summed E-state index contributed by atoms with van der Waals surface area (Å²) in [6.07, 6.45) is 2.37. The van der Waals surface area contributed by atoms with Crippen molar-refractivity contribution in [1.82, 2.24) is 4.98 Å². The third-order valence-electron chi connectivity index (χ3n) is 6.48. The summed E-state index contributed by atoms with van der Waals surface area (Å²) in [5, 5.41) is 2.60. The molecule has 1 atom stereocenters. The average molecular weight is 432 g/mol. The second kappa shape index (κ2) is 5.97. The molecule has 0 saturated heterocycles. The molecule has 3 aromatic carbocycles. The van der Waals surface area contributed by atoms with Gasteiger partial charge in [-0.25, -0.2) is 0 Å². The van der Waals surface area contributed by atoms with Crippen LogP contribution in [0.2, 0.25) is 0 Å². The lowest BCUT2D eigenvalue weighted by Crippen LogP contribution is -2.23. The summed E-state index contributed by atoms with van der Waals surface area (Å²) < 4.78 is 1.12. The van der Waals surface area contributed by atoms with Gasteiger partial charge >= 0.3 is 0 Å². The van der Waals surface area contributed by atoms with E-state index < -0.39 is 0 Å². The second-order valence-electron chi connectivity index (χ2n) is 9.70. The van der Waals surface area contributed by atoms with Crippen molar-refractivity contribution in [2.24, 2.45) is 5.41 Å². The first-order chi connectivity index (χ1) is 13.3. The highest BCUT2D eigenvalue weighted by molar-refractivity contribution is 9.10. The largest absolute Gasteiger partial charge is 0.355 e. The van der Waals surface area contributed by atoms with Crippen molar-refractivity contribution in [2.45, 2.75) is 46.0 Å².